The molecule has 15 rings (SSSR count). The second-order valence-electron chi connectivity index (χ2n) is 20.1. The minimum atomic E-state index is 0.576. The van der Waals surface area contributed by atoms with Crippen LogP contribution >= 0.6 is 0 Å². The summed E-state index contributed by atoms with van der Waals surface area (Å²) in [7, 11) is 6.56. The van der Waals surface area contributed by atoms with Gasteiger partial charge in [-0.25, -0.2) is 4.98 Å². The van der Waals surface area contributed by atoms with E-state index in [0.717, 1.165) is 135 Å². The van der Waals surface area contributed by atoms with Gasteiger partial charge in [-0.1, -0.05) is 158 Å². The molecular weight excluding hydrogens is 955 g/mol. The zero-order valence-corrected chi connectivity index (χ0v) is 43.3. The van der Waals surface area contributed by atoms with Crippen LogP contribution in [0.3, 0.4) is 0 Å². The zero-order chi connectivity index (χ0) is 52.0. The van der Waals surface area contributed by atoms with E-state index in [2.05, 4.69) is 281 Å². The van der Waals surface area contributed by atoms with Crippen molar-refractivity contribution in [2.45, 2.75) is 0 Å². The van der Waals surface area contributed by atoms with Crippen molar-refractivity contribution in [3.05, 3.63) is 255 Å². The summed E-state index contributed by atoms with van der Waals surface area (Å²) >= 11 is 0. The molecule has 0 N–H and O–H groups in total. The van der Waals surface area contributed by atoms with Crippen LogP contribution in [0, 0.1) is 0 Å². The molecule has 12 aromatic rings. The van der Waals surface area contributed by atoms with Gasteiger partial charge in [0.05, 0.1) is 85.3 Å². The van der Waals surface area contributed by atoms with Gasteiger partial charge in [0.15, 0.2) is 5.58 Å². The van der Waals surface area contributed by atoms with Crippen LogP contribution in [0.5, 0.6) is 0 Å². The van der Waals surface area contributed by atoms with Crippen LogP contribution in [-0.4, -0.2) is 26.1 Å². The second-order valence-corrected chi connectivity index (χ2v) is 20.1. The molecule has 3 aliphatic heterocycles. The SMILES string of the molecule is CN1c2ccccc2N(c2c(-c3ccc(-c4nc5ccccc5o4)cc3)c(-c3ccccc3)c(N3c4ccccc4N(C)c4ccccc43)c(N3c4ccccc4N(C)c4ccccc43)c2-c2ccccc2)c2ccccc21. The molecule has 8 nitrogen and oxygen atoms in total. The molecule has 0 saturated heterocycles. The van der Waals surface area contributed by atoms with Crippen LogP contribution in [0.15, 0.2) is 259 Å². The lowest BCUT2D eigenvalue weighted by atomic mass is 9.82. The van der Waals surface area contributed by atoms with Gasteiger partial charge in [-0.05, 0) is 114 Å². The lowest BCUT2D eigenvalue weighted by Crippen LogP contribution is -2.30. The summed E-state index contributed by atoms with van der Waals surface area (Å²) in [5.41, 5.74) is 24.8. The highest BCUT2D eigenvalue weighted by Gasteiger charge is 2.42. The van der Waals surface area contributed by atoms with Crippen molar-refractivity contribution in [1.82, 2.24) is 4.98 Å². The molecule has 0 bridgehead atoms. The van der Waals surface area contributed by atoms with Crippen molar-refractivity contribution in [3.8, 4) is 44.8 Å². The van der Waals surface area contributed by atoms with Gasteiger partial charge in [0.25, 0.3) is 0 Å². The first kappa shape index (κ1) is 45.1. The fourth-order valence-corrected chi connectivity index (χ4v) is 12.3. The molecule has 0 amide bonds. The quantitative estimate of drug-likeness (QED) is 0.157. The fraction of sp³-hybridized carbons (Fsp3) is 0.0429. The maximum Gasteiger partial charge on any atom is 0.227 e. The third kappa shape index (κ3) is 6.83. The lowest BCUT2D eigenvalue weighted by Gasteiger charge is -2.46. The van der Waals surface area contributed by atoms with E-state index >= 15 is 0 Å². The average Bonchev–Trinajstić information content (AvgIpc) is 3.96. The molecule has 0 unspecified atom stereocenters. The standard InChI is InChI=1S/C70H51N7O/c1-72-51-29-11-17-35-57(51)75(58-36-18-12-30-52(58)72)67-64(48-42-44-49(45-43-48)70-71-50-28-10-23-41-63(50)78-70)65(46-24-6-4-7-25-46)68(76-59-37-19-13-31-53(59)73(2)54-32-14-20-38-60(54)76)69(66(67)47-26-8-5-9-27-47)77-61-39-21-15-33-55(61)74(3)56-34-16-22-40-62(56)77/h4-45H,1-3H3. The van der Waals surface area contributed by atoms with Gasteiger partial charge in [0.2, 0.25) is 5.89 Å². The molecule has 0 atom stereocenters. The monoisotopic (exact) mass is 1010 g/mol. The van der Waals surface area contributed by atoms with Gasteiger partial charge in [-0.2, -0.15) is 0 Å². The third-order valence-corrected chi connectivity index (χ3v) is 15.8. The maximum atomic E-state index is 6.45. The number of oxazole rings is 1. The fourth-order valence-electron chi connectivity index (χ4n) is 12.3. The Bertz CT molecular complexity index is 4130. The Balaban J connectivity index is 1.20. The topological polar surface area (TPSA) is 45.5 Å². The highest BCUT2D eigenvalue weighted by Crippen LogP contribution is 2.67. The zero-order valence-electron chi connectivity index (χ0n) is 43.3. The number of nitrogens with zero attached hydrogens (tertiary/aromatic N) is 7. The first-order chi connectivity index (χ1) is 38.5. The van der Waals surface area contributed by atoms with E-state index < -0.39 is 0 Å². The van der Waals surface area contributed by atoms with Gasteiger partial charge >= 0.3 is 0 Å². The number of hydrogen-bond acceptors (Lipinski definition) is 8. The van der Waals surface area contributed by atoms with Gasteiger partial charge in [0.1, 0.15) is 5.52 Å². The number of para-hydroxylation sites is 14. The van der Waals surface area contributed by atoms with E-state index in [1.165, 1.54) is 0 Å². The molecule has 0 radical (unpaired) electrons. The first-order valence-corrected chi connectivity index (χ1v) is 26.5. The summed E-state index contributed by atoms with van der Waals surface area (Å²) in [4.78, 5) is 19.7. The summed E-state index contributed by atoms with van der Waals surface area (Å²) in [6.45, 7) is 0. The predicted octanol–water partition coefficient (Wildman–Crippen LogP) is 19.1. The van der Waals surface area contributed by atoms with E-state index in [1.54, 1.807) is 0 Å². The molecule has 0 saturated carbocycles. The molecule has 8 heteroatoms. The smallest absolute Gasteiger partial charge is 0.227 e. The van der Waals surface area contributed by atoms with Crippen molar-refractivity contribution >= 4 is 96.4 Å². The van der Waals surface area contributed by atoms with Gasteiger partial charge < -0.3 is 33.8 Å². The number of hydrogen-bond donors (Lipinski definition) is 0. The van der Waals surface area contributed by atoms with Crippen molar-refractivity contribution in [1.29, 1.82) is 0 Å². The largest absolute Gasteiger partial charge is 0.436 e. The molecule has 3 aliphatic rings. The Labute approximate surface area is 453 Å². The number of aromatic nitrogens is 1. The predicted molar refractivity (Wildman–Crippen MR) is 324 cm³/mol. The van der Waals surface area contributed by atoms with Crippen LogP contribution in [0.2, 0.25) is 0 Å². The summed E-state index contributed by atoms with van der Waals surface area (Å²) in [6.07, 6.45) is 0. The highest BCUT2D eigenvalue weighted by molar-refractivity contribution is 6.21. The molecule has 0 fully saturated rings. The number of anilines is 15. The summed E-state index contributed by atoms with van der Waals surface area (Å²) in [5.74, 6) is 0.576. The molecule has 0 aliphatic carbocycles. The Morgan fingerprint density at radius 1 is 0.256 bits per heavy atom. The van der Waals surface area contributed by atoms with E-state index in [-0.39, 0.29) is 0 Å². The molecular formula is C70H51N7O. The number of benzene rings is 11. The Kier molecular flexibility index (Phi) is 10.4. The average molecular weight is 1010 g/mol. The highest BCUT2D eigenvalue weighted by atomic mass is 16.3. The van der Waals surface area contributed by atoms with Crippen molar-refractivity contribution < 1.29 is 4.42 Å². The van der Waals surface area contributed by atoms with Crippen LogP contribution < -0.4 is 29.4 Å². The Hall–Kier alpha value is -10.3. The Morgan fingerprint density at radius 3 is 0.936 bits per heavy atom. The third-order valence-electron chi connectivity index (χ3n) is 15.8. The second kappa shape index (κ2) is 17.9. The maximum absolute atomic E-state index is 6.45. The van der Waals surface area contributed by atoms with E-state index in [1.807, 2.05) is 24.3 Å². The molecule has 0 spiro atoms. The minimum Gasteiger partial charge on any atom is -0.436 e. The van der Waals surface area contributed by atoms with Gasteiger partial charge in [0, 0.05) is 43.4 Å². The van der Waals surface area contributed by atoms with Crippen LogP contribution in [0.4, 0.5) is 85.3 Å². The van der Waals surface area contributed by atoms with Crippen molar-refractivity contribution in [2.75, 3.05) is 50.5 Å². The first-order valence-electron chi connectivity index (χ1n) is 26.5. The molecule has 4 heterocycles. The Morgan fingerprint density at radius 2 is 0.538 bits per heavy atom. The van der Waals surface area contributed by atoms with Gasteiger partial charge in [-0.15, -0.1) is 0 Å². The minimum absolute atomic E-state index is 0.576. The lowest BCUT2D eigenvalue weighted by molar-refractivity contribution is 0.620. The van der Waals surface area contributed by atoms with Crippen LogP contribution in [0.25, 0.3) is 55.9 Å². The van der Waals surface area contributed by atoms with E-state index in [4.69, 9.17) is 9.40 Å². The molecule has 372 valence electrons. The van der Waals surface area contributed by atoms with Gasteiger partial charge in [-0.3, -0.25) is 0 Å². The normalized spacial score (nSPS) is 13.2. The van der Waals surface area contributed by atoms with Crippen molar-refractivity contribution in [3.63, 3.8) is 0 Å². The molecule has 11 aromatic carbocycles. The summed E-state index contributed by atoms with van der Waals surface area (Å²) in [6, 6.07) is 92.1. The number of rotatable bonds is 7. The molecule has 78 heavy (non-hydrogen) atoms. The van der Waals surface area contributed by atoms with Crippen molar-refractivity contribution in [2.24, 2.45) is 0 Å². The summed E-state index contributed by atoms with van der Waals surface area (Å²) < 4.78 is 6.45. The van der Waals surface area contributed by atoms with Crippen LogP contribution in [0.1, 0.15) is 0 Å². The number of fused-ring (bicyclic) bond motifs is 7. The molecule has 1 aromatic heterocycles. The van der Waals surface area contributed by atoms with E-state index in [9.17, 15) is 0 Å². The van der Waals surface area contributed by atoms with E-state index in [0.29, 0.717) is 5.89 Å². The van der Waals surface area contributed by atoms with Crippen LogP contribution in [-0.2, 0) is 0 Å². The summed E-state index contributed by atoms with van der Waals surface area (Å²) in [5, 5.41) is 0.